The van der Waals surface area contributed by atoms with Crippen molar-refractivity contribution in [2.45, 2.75) is 34.1 Å². The summed E-state index contributed by atoms with van der Waals surface area (Å²) >= 11 is 11.4. The third-order valence-electron chi connectivity index (χ3n) is 4.26. The van der Waals surface area contributed by atoms with Crippen molar-refractivity contribution in [1.82, 2.24) is 0 Å². The first-order valence-corrected chi connectivity index (χ1v) is 7.82. The first-order valence-electron chi connectivity index (χ1n) is 7.06. The second kappa shape index (κ2) is 6.02. The van der Waals surface area contributed by atoms with E-state index in [1.807, 2.05) is 19.9 Å². The van der Waals surface area contributed by atoms with Crippen LogP contribution in [-0.2, 0) is 9.59 Å². The van der Waals surface area contributed by atoms with Crippen molar-refractivity contribution in [3.05, 3.63) is 52.1 Å². The summed E-state index contributed by atoms with van der Waals surface area (Å²) in [4.78, 5) is 23.6. The molecule has 0 radical (unpaired) electrons. The number of aryl methyl sites for hydroxylation is 2. The zero-order valence-electron chi connectivity index (χ0n) is 13.1. The van der Waals surface area contributed by atoms with Gasteiger partial charge in [-0.05, 0) is 85.2 Å². The average Bonchev–Trinajstić information content (AvgIpc) is 2.40. The second-order valence-electron chi connectivity index (χ2n) is 5.95. The van der Waals surface area contributed by atoms with Gasteiger partial charge in [-0.1, -0.05) is 29.8 Å². The molecule has 0 spiro atoms. The maximum Gasteiger partial charge on any atom is 0.240 e. The van der Waals surface area contributed by atoms with Crippen molar-refractivity contribution in [1.29, 1.82) is 0 Å². The molecular formula is C18H18Cl2O2. The topological polar surface area (TPSA) is 34.1 Å². The maximum absolute atomic E-state index is 11.8. The van der Waals surface area contributed by atoms with Crippen molar-refractivity contribution in [3.63, 3.8) is 0 Å². The highest BCUT2D eigenvalue weighted by molar-refractivity contribution is 6.75. The van der Waals surface area contributed by atoms with Crippen LogP contribution in [0.2, 0.25) is 0 Å². The number of rotatable bonds is 3. The van der Waals surface area contributed by atoms with Gasteiger partial charge in [0.25, 0.3) is 0 Å². The molecule has 0 amide bonds. The van der Waals surface area contributed by atoms with Crippen LogP contribution in [0.4, 0.5) is 0 Å². The number of benzene rings is 1. The summed E-state index contributed by atoms with van der Waals surface area (Å²) in [6.45, 7) is 7.92. The van der Waals surface area contributed by atoms with Gasteiger partial charge in [0, 0.05) is 0 Å². The Labute approximate surface area is 140 Å². The fourth-order valence-corrected chi connectivity index (χ4v) is 3.75. The molecule has 4 heteroatoms. The Bertz CT molecular complexity index is 692. The van der Waals surface area contributed by atoms with E-state index in [1.54, 1.807) is 6.08 Å². The average molecular weight is 337 g/mol. The van der Waals surface area contributed by atoms with E-state index in [9.17, 15) is 9.59 Å². The number of hydrogen-bond donors (Lipinski definition) is 0. The molecule has 0 aliphatic heterocycles. The molecule has 1 aliphatic rings. The zero-order chi connectivity index (χ0) is 16.7. The van der Waals surface area contributed by atoms with E-state index < -0.39 is 15.9 Å². The van der Waals surface area contributed by atoms with Gasteiger partial charge in [-0.3, -0.25) is 9.59 Å². The number of halogens is 2. The summed E-state index contributed by atoms with van der Waals surface area (Å²) in [6.07, 6.45) is 1.84. The lowest BCUT2D eigenvalue weighted by Gasteiger charge is -2.31. The van der Waals surface area contributed by atoms with Crippen LogP contribution in [0.25, 0.3) is 5.57 Å². The minimum Gasteiger partial charge on any atom is -0.280 e. The van der Waals surface area contributed by atoms with E-state index in [-0.39, 0.29) is 6.42 Å². The van der Waals surface area contributed by atoms with Gasteiger partial charge in [0.15, 0.2) is 0 Å². The van der Waals surface area contributed by atoms with Gasteiger partial charge >= 0.3 is 0 Å². The molecule has 1 aliphatic carbocycles. The highest BCUT2D eigenvalue weighted by Gasteiger charge is 2.45. The Morgan fingerprint density at radius 3 is 1.91 bits per heavy atom. The molecule has 0 saturated heterocycles. The van der Waals surface area contributed by atoms with Crippen LogP contribution >= 0.6 is 23.2 Å². The Kier molecular flexibility index (Phi) is 4.65. The standard InChI is InChI=1S/C18H18Cl2O2/c1-10-6-5-7-11(2)14(10)15-12(3)8-18(16(19)21,17(20)22)9-13(15)4/h5-8H,9H2,1-4H3. The second-order valence-corrected chi connectivity index (χ2v) is 6.63. The number of hydrogen-bond acceptors (Lipinski definition) is 2. The van der Waals surface area contributed by atoms with E-state index in [0.29, 0.717) is 0 Å². The van der Waals surface area contributed by atoms with Crippen molar-refractivity contribution >= 4 is 39.3 Å². The molecule has 0 atom stereocenters. The predicted octanol–water partition coefficient (Wildman–Crippen LogP) is 4.94. The fraction of sp³-hybridized carbons (Fsp3) is 0.333. The van der Waals surface area contributed by atoms with Gasteiger partial charge < -0.3 is 0 Å². The summed E-state index contributed by atoms with van der Waals surface area (Å²) < 4.78 is 0. The summed E-state index contributed by atoms with van der Waals surface area (Å²) in [5, 5.41) is -1.46. The fourth-order valence-electron chi connectivity index (χ4n) is 3.29. The van der Waals surface area contributed by atoms with Crippen LogP contribution in [0.1, 0.15) is 37.0 Å². The minimum atomic E-state index is -1.45. The van der Waals surface area contributed by atoms with Crippen molar-refractivity contribution < 1.29 is 9.59 Å². The summed E-state index contributed by atoms with van der Waals surface area (Å²) in [7, 11) is 0. The van der Waals surface area contributed by atoms with Crippen LogP contribution in [0, 0.1) is 19.3 Å². The Morgan fingerprint density at radius 2 is 1.50 bits per heavy atom. The van der Waals surface area contributed by atoms with Gasteiger partial charge in [0.05, 0.1) is 0 Å². The first kappa shape index (κ1) is 17.0. The molecule has 22 heavy (non-hydrogen) atoms. The minimum absolute atomic E-state index is 0.220. The molecule has 1 aromatic carbocycles. The highest BCUT2D eigenvalue weighted by Crippen LogP contribution is 2.45. The number of allylic oxidation sites excluding steroid dienone is 4. The molecule has 1 aromatic rings. The largest absolute Gasteiger partial charge is 0.280 e. The molecule has 0 fully saturated rings. The summed E-state index contributed by atoms with van der Waals surface area (Å²) in [6, 6.07) is 6.12. The van der Waals surface area contributed by atoms with Gasteiger partial charge in [-0.15, -0.1) is 0 Å². The lowest BCUT2D eigenvalue weighted by Crippen LogP contribution is -2.34. The van der Waals surface area contributed by atoms with Crippen LogP contribution in [0.5, 0.6) is 0 Å². The normalized spacial score (nSPS) is 17.3. The lowest BCUT2D eigenvalue weighted by atomic mass is 9.73. The molecule has 0 aromatic heterocycles. The Hall–Kier alpha value is -1.38. The molecule has 116 valence electrons. The molecule has 0 heterocycles. The first-order chi connectivity index (χ1) is 10.2. The SMILES string of the molecule is CC1=CC(C(=O)Cl)(C(=O)Cl)CC(C)=C1c1c(C)cccc1C. The van der Waals surface area contributed by atoms with Crippen molar-refractivity contribution in [2.75, 3.05) is 0 Å². The molecule has 0 saturated carbocycles. The van der Waals surface area contributed by atoms with Crippen LogP contribution in [0.15, 0.2) is 35.4 Å². The van der Waals surface area contributed by atoms with E-state index in [0.717, 1.165) is 33.4 Å². The zero-order valence-corrected chi connectivity index (χ0v) is 14.6. The van der Waals surface area contributed by atoms with Crippen molar-refractivity contribution in [2.24, 2.45) is 5.41 Å². The predicted molar refractivity (Wildman–Crippen MR) is 91.0 cm³/mol. The van der Waals surface area contributed by atoms with Gasteiger partial charge in [0.1, 0.15) is 5.41 Å². The monoisotopic (exact) mass is 336 g/mol. The molecule has 0 unspecified atom stereocenters. The van der Waals surface area contributed by atoms with Gasteiger partial charge in [0.2, 0.25) is 10.5 Å². The quantitative estimate of drug-likeness (QED) is 0.578. The van der Waals surface area contributed by atoms with Crippen LogP contribution in [0.3, 0.4) is 0 Å². The Balaban J connectivity index is 2.66. The smallest absolute Gasteiger partial charge is 0.240 e. The lowest BCUT2D eigenvalue weighted by molar-refractivity contribution is -0.128. The molecular weight excluding hydrogens is 319 g/mol. The van der Waals surface area contributed by atoms with E-state index in [4.69, 9.17) is 23.2 Å². The van der Waals surface area contributed by atoms with E-state index in [2.05, 4.69) is 26.0 Å². The summed E-state index contributed by atoms with van der Waals surface area (Å²) in [5.74, 6) is 0. The third-order valence-corrected chi connectivity index (χ3v) is 4.94. The number of carbonyl (C=O) groups is 2. The number of carbonyl (C=O) groups excluding carboxylic acids is 2. The molecule has 2 rings (SSSR count). The summed E-state index contributed by atoms with van der Waals surface area (Å²) in [5.41, 5.74) is 4.88. The Morgan fingerprint density at radius 1 is 1.00 bits per heavy atom. The van der Waals surface area contributed by atoms with Crippen molar-refractivity contribution in [3.8, 4) is 0 Å². The third kappa shape index (κ3) is 2.66. The van der Waals surface area contributed by atoms with Gasteiger partial charge in [-0.25, -0.2) is 0 Å². The van der Waals surface area contributed by atoms with Crippen LogP contribution in [-0.4, -0.2) is 10.5 Å². The molecule has 2 nitrogen and oxygen atoms in total. The maximum atomic E-state index is 11.8. The molecule has 0 bridgehead atoms. The van der Waals surface area contributed by atoms with E-state index >= 15 is 0 Å². The van der Waals surface area contributed by atoms with Crippen LogP contribution < -0.4 is 0 Å². The molecule has 0 N–H and O–H groups in total. The van der Waals surface area contributed by atoms with E-state index in [1.165, 1.54) is 0 Å². The highest BCUT2D eigenvalue weighted by atomic mass is 35.5. The van der Waals surface area contributed by atoms with Gasteiger partial charge in [-0.2, -0.15) is 0 Å².